The van der Waals surface area contributed by atoms with Gasteiger partial charge in [-0.3, -0.25) is 0 Å². The Morgan fingerprint density at radius 3 is 2.56 bits per heavy atom. The fourth-order valence-corrected chi connectivity index (χ4v) is 3.32. The Kier molecular flexibility index (Phi) is 7.56. The molecule has 5 nitrogen and oxygen atoms in total. The van der Waals surface area contributed by atoms with Crippen LogP contribution in [0.2, 0.25) is 0 Å². The van der Waals surface area contributed by atoms with Crippen LogP contribution in [0, 0.1) is 17.8 Å². The molecule has 0 bridgehead atoms. The van der Waals surface area contributed by atoms with E-state index in [-0.39, 0.29) is 6.09 Å². The average Bonchev–Trinajstić information content (AvgIpc) is 3.19. The molecule has 0 aromatic rings. The van der Waals surface area contributed by atoms with E-state index >= 15 is 0 Å². The van der Waals surface area contributed by atoms with Gasteiger partial charge >= 0.3 is 6.09 Å². The van der Waals surface area contributed by atoms with Crippen LogP contribution in [-0.4, -0.2) is 67.3 Å². The molecule has 1 saturated heterocycles. The van der Waals surface area contributed by atoms with Crippen molar-refractivity contribution in [3.8, 4) is 0 Å². The van der Waals surface area contributed by atoms with Crippen LogP contribution in [0.15, 0.2) is 0 Å². The van der Waals surface area contributed by atoms with Crippen molar-refractivity contribution in [2.45, 2.75) is 59.5 Å². The van der Waals surface area contributed by atoms with Gasteiger partial charge in [-0.2, -0.15) is 0 Å². The van der Waals surface area contributed by atoms with Crippen LogP contribution < -0.4 is 5.32 Å². The number of likely N-dealkylation sites (tertiary alicyclic amines) is 1. The zero-order chi connectivity index (χ0) is 18.4. The van der Waals surface area contributed by atoms with E-state index < -0.39 is 5.60 Å². The topological polar surface area (TPSA) is 44.8 Å². The molecule has 2 fully saturated rings. The first kappa shape index (κ1) is 20.5. The summed E-state index contributed by atoms with van der Waals surface area (Å²) in [5.74, 6) is 2.15. The van der Waals surface area contributed by atoms with Crippen molar-refractivity contribution in [1.29, 1.82) is 0 Å². The van der Waals surface area contributed by atoms with Crippen molar-refractivity contribution in [1.82, 2.24) is 15.1 Å². The molecule has 0 aromatic carbocycles. The number of carbonyl (C=O) groups is 1. The molecule has 0 spiro atoms. The number of hydrogen-bond acceptors (Lipinski definition) is 4. The van der Waals surface area contributed by atoms with Crippen LogP contribution >= 0.6 is 0 Å². The Morgan fingerprint density at radius 1 is 1.24 bits per heavy atom. The van der Waals surface area contributed by atoms with Crippen LogP contribution in [0.4, 0.5) is 4.79 Å². The molecule has 25 heavy (non-hydrogen) atoms. The van der Waals surface area contributed by atoms with Crippen molar-refractivity contribution in [3.05, 3.63) is 0 Å². The lowest BCUT2D eigenvalue weighted by Gasteiger charge is -2.29. The van der Waals surface area contributed by atoms with E-state index in [2.05, 4.69) is 24.1 Å². The van der Waals surface area contributed by atoms with E-state index in [4.69, 9.17) is 4.74 Å². The maximum atomic E-state index is 12.5. The second kappa shape index (κ2) is 9.22. The third kappa shape index (κ3) is 8.41. The number of ether oxygens (including phenoxy) is 1. The summed E-state index contributed by atoms with van der Waals surface area (Å²) in [6.45, 7) is 17.5. The molecule has 0 radical (unpaired) electrons. The predicted octanol–water partition coefficient (Wildman–Crippen LogP) is 3.20. The minimum Gasteiger partial charge on any atom is -0.444 e. The summed E-state index contributed by atoms with van der Waals surface area (Å²) in [6.07, 6.45) is 3.63. The highest BCUT2D eigenvalue weighted by Gasteiger charge is 2.30. The third-order valence-electron chi connectivity index (χ3n) is 4.87. The smallest absolute Gasteiger partial charge is 0.410 e. The number of rotatable bonds is 9. The van der Waals surface area contributed by atoms with Crippen molar-refractivity contribution in [3.63, 3.8) is 0 Å². The molecule has 1 aliphatic heterocycles. The molecular formula is C20H39N3O2. The Labute approximate surface area is 154 Å². The lowest BCUT2D eigenvalue weighted by molar-refractivity contribution is 0.0226. The van der Waals surface area contributed by atoms with Crippen molar-refractivity contribution in [2.24, 2.45) is 17.8 Å². The van der Waals surface area contributed by atoms with Gasteiger partial charge in [0.2, 0.25) is 0 Å². The second-order valence-electron chi connectivity index (χ2n) is 9.38. The van der Waals surface area contributed by atoms with Gasteiger partial charge in [-0.1, -0.05) is 13.8 Å². The average molecular weight is 354 g/mol. The normalized spacial score (nSPS) is 21.8. The largest absolute Gasteiger partial charge is 0.444 e. The Bertz CT molecular complexity index is 416. The summed E-state index contributed by atoms with van der Waals surface area (Å²) < 4.78 is 5.60. The van der Waals surface area contributed by atoms with Gasteiger partial charge < -0.3 is 19.9 Å². The highest BCUT2D eigenvalue weighted by molar-refractivity contribution is 5.68. The molecule has 1 unspecified atom stereocenters. The van der Waals surface area contributed by atoms with E-state index in [0.29, 0.717) is 11.8 Å². The molecule has 1 heterocycles. The third-order valence-corrected chi connectivity index (χ3v) is 4.87. The van der Waals surface area contributed by atoms with Crippen LogP contribution in [0.25, 0.3) is 0 Å². The summed E-state index contributed by atoms with van der Waals surface area (Å²) >= 11 is 0. The number of nitrogens with one attached hydrogen (secondary N) is 1. The van der Waals surface area contributed by atoms with E-state index in [0.717, 1.165) is 51.7 Å². The zero-order valence-electron chi connectivity index (χ0n) is 17.0. The van der Waals surface area contributed by atoms with Gasteiger partial charge in [0.05, 0.1) is 0 Å². The minimum absolute atomic E-state index is 0.145. The van der Waals surface area contributed by atoms with Gasteiger partial charge in [-0.15, -0.1) is 0 Å². The molecule has 0 aromatic heterocycles. The van der Waals surface area contributed by atoms with Gasteiger partial charge in [-0.05, 0) is 77.4 Å². The van der Waals surface area contributed by atoms with E-state index in [1.54, 1.807) is 0 Å². The van der Waals surface area contributed by atoms with Gasteiger partial charge in [0.1, 0.15) is 5.60 Å². The maximum Gasteiger partial charge on any atom is 0.410 e. The van der Waals surface area contributed by atoms with Crippen LogP contribution in [0.1, 0.15) is 53.9 Å². The molecule has 1 atom stereocenters. The van der Waals surface area contributed by atoms with E-state index in [1.807, 2.05) is 25.7 Å². The second-order valence-corrected chi connectivity index (χ2v) is 9.38. The first-order valence-electron chi connectivity index (χ1n) is 10.1. The molecule has 2 rings (SSSR count). The standard InChI is InChI=1S/C20H39N3O2/c1-16(2)12-21-13-18-8-9-22(14-18)10-11-23(15-17-6-7-17)19(24)25-20(3,4)5/h16-18,21H,6-15H2,1-5H3. The highest BCUT2D eigenvalue weighted by atomic mass is 16.6. The van der Waals surface area contributed by atoms with Crippen LogP contribution in [0.5, 0.6) is 0 Å². The highest BCUT2D eigenvalue weighted by Crippen LogP contribution is 2.30. The Morgan fingerprint density at radius 2 is 1.96 bits per heavy atom. The summed E-state index contributed by atoms with van der Waals surface area (Å²) in [4.78, 5) is 16.9. The summed E-state index contributed by atoms with van der Waals surface area (Å²) in [6, 6.07) is 0. The molecular weight excluding hydrogens is 314 g/mol. The lowest BCUT2D eigenvalue weighted by Crippen LogP contribution is -2.42. The van der Waals surface area contributed by atoms with Gasteiger partial charge in [-0.25, -0.2) is 4.79 Å². The number of hydrogen-bond donors (Lipinski definition) is 1. The Balaban J connectivity index is 1.71. The molecule has 1 aliphatic carbocycles. The Hall–Kier alpha value is -0.810. The monoisotopic (exact) mass is 353 g/mol. The minimum atomic E-state index is -0.417. The van der Waals surface area contributed by atoms with E-state index in [9.17, 15) is 4.79 Å². The van der Waals surface area contributed by atoms with Crippen molar-refractivity contribution in [2.75, 3.05) is 45.8 Å². The number of nitrogens with zero attached hydrogens (tertiary/aromatic N) is 2. The number of amides is 1. The maximum absolute atomic E-state index is 12.5. The van der Waals surface area contributed by atoms with Gasteiger partial charge in [0.15, 0.2) is 0 Å². The molecule has 1 N–H and O–H groups in total. The quantitative estimate of drug-likeness (QED) is 0.691. The first-order chi connectivity index (χ1) is 11.7. The molecule has 146 valence electrons. The SMILES string of the molecule is CC(C)CNCC1CCN(CCN(CC2CC2)C(=O)OC(C)(C)C)C1. The van der Waals surface area contributed by atoms with Crippen LogP contribution in [0.3, 0.4) is 0 Å². The molecule has 1 saturated carbocycles. The van der Waals surface area contributed by atoms with Gasteiger partial charge in [0, 0.05) is 26.2 Å². The fraction of sp³-hybridized carbons (Fsp3) is 0.950. The van der Waals surface area contributed by atoms with Gasteiger partial charge in [0.25, 0.3) is 0 Å². The summed E-state index contributed by atoms with van der Waals surface area (Å²) in [5, 5.41) is 3.58. The molecule has 2 aliphatic rings. The van der Waals surface area contributed by atoms with E-state index in [1.165, 1.54) is 19.3 Å². The predicted molar refractivity (Wildman–Crippen MR) is 103 cm³/mol. The van der Waals surface area contributed by atoms with Crippen LogP contribution in [-0.2, 0) is 4.74 Å². The summed E-state index contributed by atoms with van der Waals surface area (Å²) in [5.41, 5.74) is -0.417. The molecule has 1 amide bonds. The van der Waals surface area contributed by atoms with Crippen molar-refractivity contribution >= 4 is 6.09 Å². The number of carbonyl (C=O) groups excluding carboxylic acids is 1. The zero-order valence-corrected chi connectivity index (χ0v) is 17.0. The molecule has 5 heteroatoms. The first-order valence-corrected chi connectivity index (χ1v) is 10.1. The fourth-order valence-electron chi connectivity index (χ4n) is 3.32. The lowest BCUT2D eigenvalue weighted by atomic mass is 10.1. The van der Waals surface area contributed by atoms with Crippen molar-refractivity contribution < 1.29 is 9.53 Å². The summed E-state index contributed by atoms with van der Waals surface area (Å²) in [7, 11) is 0.